The Balaban J connectivity index is 1.22. The Morgan fingerprint density at radius 2 is 2.11 bits per heavy atom. The molecule has 1 aliphatic heterocycles. The summed E-state index contributed by atoms with van der Waals surface area (Å²) in [4.78, 5) is 20.9. The van der Waals surface area contributed by atoms with Crippen molar-refractivity contribution in [2.45, 2.75) is 55.9 Å². The first-order valence-electron chi connectivity index (χ1n) is 12.8. The van der Waals surface area contributed by atoms with Crippen LogP contribution in [0.4, 0.5) is 0 Å². The Labute approximate surface area is 227 Å². The minimum Gasteiger partial charge on any atom is -0.460 e. The van der Waals surface area contributed by atoms with Crippen LogP contribution in [0.2, 0.25) is 0 Å². The van der Waals surface area contributed by atoms with Gasteiger partial charge in [-0.05, 0) is 63.0 Å². The molecule has 2 fully saturated rings. The molecule has 1 saturated heterocycles. The first-order valence-corrected chi connectivity index (χ1v) is 15.1. The highest BCUT2D eigenvalue weighted by atomic mass is 35.5. The topological polar surface area (TPSA) is 71.9 Å². The second kappa shape index (κ2) is 13.6. The van der Waals surface area contributed by atoms with Gasteiger partial charge in [-0.2, -0.15) is 0 Å². The number of ether oxygens (including phenoxy) is 2. The number of carbonyl (C=O) groups excluding carboxylic acids is 1. The Morgan fingerprint density at radius 1 is 1.31 bits per heavy atom. The molecule has 1 aromatic carbocycles. The summed E-state index contributed by atoms with van der Waals surface area (Å²) >= 11 is 9.95. The summed E-state index contributed by atoms with van der Waals surface area (Å²) in [5.41, 5.74) is 2.54. The first-order chi connectivity index (χ1) is 17.4. The lowest BCUT2D eigenvalue weighted by atomic mass is 9.91. The fraction of sp³-hybridized carbons (Fsp3) is 0.630. The molecule has 9 heteroatoms. The number of benzene rings is 1. The number of thioether (sulfide) groups is 1. The molecule has 2 aromatic rings. The van der Waals surface area contributed by atoms with Crippen LogP contribution in [-0.4, -0.2) is 77.6 Å². The van der Waals surface area contributed by atoms with Crippen LogP contribution in [0.1, 0.15) is 45.1 Å². The zero-order valence-electron chi connectivity index (χ0n) is 21.2. The van der Waals surface area contributed by atoms with E-state index in [2.05, 4.69) is 41.9 Å². The highest BCUT2D eigenvalue weighted by molar-refractivity contribution is 7.99. The van der Waals surface area contributed by atoms with E-state index in [4.69, 9.17) is 21.1 Å². The number of hydrogen-bond donors (Lipinski definition) is 1. The van der Waals surface area contributed by atoms with Crippen molar-refractivity contribution in [2.24, 2.45) is 11.8 Å². The molecule has 2 unspecified atom stereocenters. The van der Waals surface area contributed by atoms with E-state index >= 15 is 0 Å². The molecule has 36 heavy (non-hydrogen) atoms. The number of nitrogens with zero attached hydrogens (tertiary/aromatic N) is 2. The number of hydrogen-bond acceptors (Lipinski definition) is 8. The summed E-state index contributed by atoms with van der Waals surface area (Å²) in [5, 5.41) is 11.6. The fourth-order valence-electron chi connectivity index (χ4n) is 4.99. The molecule has 2 heterocycles. The first kappa shape index (κ1) is 27.9. The van der Waals surface area contributed by atoms with Gasteiger partial charge >= 0.3 is 5.97 Å². The van der Waals surface area contributed by atoms with E-state index in [1.165, 1.54) is 27.4 Å². The maximum atomic E-state index is 12.4. The van der Waals surface area contributed by atoms with Crippen LogP contribution in [0, 0.1) is 25.7 Å². The number of halogens is 1. The molecule has 198 valence electrons. The molecule has 4 atom stereocenters. The molecule has 0 amide bonds. The average Bonchev–Trinajstić information content (AvgIpc) is 3.44. The minimum absolute atomic E-state index is 0.00122. The number of aromatic nitrogens is 1. The Hall–Kier alpha value is -1.16. The van der Waals surface area contributed by atoms with Crippen molar-refractivity contribution in [2.75, 3.05) is 45.2 Å². The SMILES string of the molecule is Cc1ccc(C)c(SC[C@H]2C(Cl)CC(O)[C@@H]2CCCc2ncc(C(=O)OCCN3CCOCC3)s2)c1. The molecule has 4 rings (SSSR count). The summed E-state index contributed by atoms with van der Waals surface area (Å²) in [6.45, 7) is 8.61. The number of aliphatic hydroxyl groups is 1. The van der Waals surface area contributed by atoms with Crippen molar-refractivity contribution in [1.29, 1.82) is 0 Å². The number of rotatable bonds is 11. The number of esters is 1. The van der Waals surface area contributed by atoms with Gasteiger partial charge in [0, 0.05) is 35.7 Å². The van der Waals surface area contributed by atoms with E-state index < -0.39 is 0 Å². The monoisotopic (exact) mass is 552 g/mol. The molecular formula is C27H37ClN2O4S2. The maximum Gasteiger partial charge on any atom is 0.350 e. The van der Waals surface area contributed by atoms with Gasteiger partial charge in [0.1, 0.15) is 11.5 Å². The maximum absolute atomic E-state index is 12.4. The van der Waals surface area contributed by atoms with E-state index in [0.29, 0.717) is 17.9 Å². The predicted octanol–water partition coefficient (Wildman–Crippen LogP) is 4.97. The van der Waals surface area contributed by atoms with Gasteiger partial charge in [0.25, 0.3) is 0 Å². The van der Waals surface area contributed by atoms with Crippen molar-refractivity contribution >= 4 is 40.7 Å². The molecule has 1 aromatic heterocycles. The lowest BCUT2D eigenvalue weighted by Crippen LogP contribution is -2.38. The third-order valence-corrected chi connectivity index (χ3v) is 10.0. The number of aliphatic hydroxyl groups excluding tert-OH is 1. The molecule has 0 bridgehead atoms. The fourth-order valence-corrected chi connectivity index (χ4v) is 7.82. The summed E-state index contributed by atoms with van der Waals surface area (Å²) in [7, 11) is 0. The highest BCUT2D eigenvalue weighted by Crippen LogP contribution is 2.42. The Bertz CT molecular complexity index is 998. The lowest BCUT2D eigenvalue weighted by molar-refractivity contribution is 0.0197. The standard InChI is InChI=1S/C27H37ClN2O4S2/c1-18-6-7-19(2)24(14-18)35-17-21-20(23(31)15-22(21)28)4-3-5-26-29-16-25(36-26)27(32)34-13-10-30-8-11-33-12-9-30/h6-7,14,16,20-23,31H,3-5,8-13,15,17H2,1-2H3/t20-,21-,22?,23?/m1/s1. The van der Waals surface area contributed by atoms with E-state index in [1.54, 1.807) is 6.20 Å². The van der Waals surface area contributed by atoms with Crippen LogP contribution >= 0.6 is 34.7 Å². The zero-order valence-corrected chi connectivity index (χ0v) is 23.5. The Morgan fingerprint density at radius 3 is 2.92 bits per heavy atom. The third kappa shape index (κ3) is 7.68. The molecule has 0 spiro atoms. The van der Waals surface area contributed by atoms with Gasteiger partial charge in [0.05, 0.1) is 30.5 Å². The van der Waals surface area contributed by atoms with Gasteiger partial charge in [-0.3, -0.25) is 4.90 Å². The normalized spacial score (nSPS) is 24.8. The van der Waals surface area contributed by atoms with Crippen molar-refractivity contribution < 1.29 is 19.4 Å². The van der Waals surface area contributed by atoms with Crippen LogP contribution < -0.4 is 0 Å². The van der Waals surface area contributed by atoms with Crippen molar-refractivity contribution in [3.05, 3.63) is 45.4 Å². The van der Waals surface area contributed by atoms with Crippen LogP contribution in [0.15, 0.2) is 29.3 Å². The van der Waals surface area contributed by atoms with Gasteiger partial charge in [0.15, 0.2) is 0 Å². The highest BCUT2D eigenvalue weighted by Gasteiger charge is 2.41. The van der Waals surface area contributed by atoms with Gasteiger partial charge in [-0.1, -0.05) is 17.7 Å². The van der Waals surface area contributed by atoms with Crippen molar-refractivity contribution in [3.8, 4) is 0 Å². The molecule has 6 nitrogen and oxygen atoms in total. The van der Waals surface area contributed by atoms with Crippen molar-refractivity contribution in [1.82, 2.24) is 9.88 Å². The predicted molar refractivity (Wildman–Crippen MR) is 146 cm³/mol. The molecular weight excluding hydrogens is 516 g/mol. The summed E-state index contributed by atoms with van der Waals surface area (Å²) < 4.78 is 10.8. The average molecular weight is 553 g/mol. The summed E-state index contributed by atoms with van der Waals surface area (Å²) in [5.74, 6) is 1.08. The van der Waals surface area contributed by atoms with E-state index in [1.807, 2.05) is 11.8 Å². The number of thiazole rings is 1. The molecule has 1 saturated carbocycles. The summed E-state index contributed by atoms with van der Waals surface area (Å²) in [6.07, 6.45) is 4.53. The lowest BCUT2D eigenvalue weighted by Gasteiger charge is -2.26. The van der Waals surface area contributed by atoms with Crippen LogP contribution in [0.3, 0.4) is 0 Å². The van der Waals surface area contributed by atoms with E-state index in [9.17, 15) is 9.90 Å². The molecule has 2 aliphatic rings. The van der Waals surface area contributed by atoms with Gasteiger partial charge in [0.2, 0.25) is 0 Å². The molecule has 1 N–H and O–H groups in total. The van der Waals surface area contributed by atoms with E-state index in [0.717, 1.165) is 62.9 Å². The Kier molecular flexibility index (Phi) is 10.5. The minimum atomic E-state index is -0.356. The van der Waals surface area contributed by atoms with E-state index in [-0.39, 0.29) is 29.3 Å². The number of carbonyl (C=O) groups is 1. The largest absolute Gasteiger partial charge is 0.460 e. The van der Waals surface area contributed by atoms with Crippen LogP contribution in [-0.2, 0) is 15.9 Å². The van der Waals surface area contributed by atoms with Crippen LogP contribution in [0.5, 0.6) is 0 Å². The number of aryl methyl sites for hydroxylation is 3. The zero-order chi connectivity index (χ0) is 25.5. The second-order valence-electron chi connectivity index (χ2n) is 9.83. The quantitative estimate of drug-likeness (QED) is 0.240. The number of alkyl halides is 1. The number of morpholine rings is 1. The molecule has 0 radical (unpaired) electrons. The van der Waals surface area contributed by atoms with Crippen LogP contribution in [0.25, 0.3) is 0 Å². The van der Waals surface area contributed by atoms with Gasteiger partial charge in [-0.25, -0.2) is 9.78 Å². The van der Waals surface area contributed by atoms with Gasteiger partial charge in [-0.15, -0.1) is 34.7 Å². The summed E-state index contributed by atoms with van der Waals surface area (Å²) in [6, 6.07) is 6.54. The van der Waals surface area contributed by atoms with Crippen molar-refractivity contribution in [3.63, 3.8) is 0 Å². The van der Waals surface area contributed by atoms with Gasteiger partial charge < -0.3 is 14.6 Å². The third-order valence-electron chi connectivity index (χ3n) is 7.18. The second-order valence-corrected chi connectivity index (χ2v) is 12.6. The smallest absolute Gasteiger partial charge is 0.350 e. The molecule has 1 aliphatic carbocycles.